The normalized spacial score (nSPS) is 10.5. The van der Waals surface area contributed by atoms with Crippen molar-refractivity contribution in [2.24, 2.45) is 0 Å². The number of rotatable bonds is 6. The molecule has 2 nitrogen and oxygen atoms in total. The second kappa shape index (κ2) is 7.80. The average molecular weight is 330 g/mol. The molecular formula is C23H22O2. The minimum absolute atomic E-state index is 0.608. The number of ether oxygens (including phenoxy) is 1. The lowest BCUT2D eigenvalue weighted by Gasteiger charge is -2.12. The van der Waals surface area contributed by atoms with Crippen LogP contribution in [-0.4, -0.2) is 12.9 Å². The number of hydrogen-bond donors (Lipinski definition) is 0. The van der Waals surface area contributed by atoms with Crippen molar-refractivity contribution >= 4 is 6.29 Å². The Bertz CT molecular complexity index is 843. The Balaban J connectivity index is 1.68. The Hall–Kier alpha value is -2.87. The molecule has 0 fully saturated rings. The number of hydrogen-bond acceptors (Lipinski definition) is 2. The molecule has 0 bridgehead atoms. The molecule has 25 heavy (non-hydrogen) atoms. The van der Waals surface area contributed by atoms with Gasteiger partial charge in [-0.25, -0.2) is 0 Å². The Morgan fingerprint density at radius 1 is 0.880 bits per heavy atom. The molecule has 0 aromatic heterocycles. The first-order valence-electron chi connectivity index (χ1n) is 8.51. The fourth-order valence-corrected chi connectivity index (χ4v) is 3.08. The van der Waals surface area contributed by atoms with E-state index in [0.29, 0.717) is 12.2 Å². The Kier molecular flexibility index (Phi) is 5.30. The van der Waals surface area contributed by atoms with Gasteiger partial charge >= 0.3 is 0 Å². The first-order chi connectivity index (χ1) is 12.2. The van der Waals surface area contributed by atoms with Crippen molar-refractivity contribution in [3.8, 4) is 16.9 Å². The third-order valence-electron chi connectivity index (χ3n) is 4.37. The molecule has 0 aliphatic rings. The maximum Gasteiger partial charge on any atom is 0.150 e. The van der Waals surface area contributed by atoms with Crippen LogP contribution < -0.4 is 4.74 Å². The van der Waals surface area contributed by atoms with Crippen LogP contribution in [0.5, 0.6) is 5.75 Å². The number of carbonyl (C=O) groups is 1. The monoisotopic (exact) mass is 330 g/mol. The van der Waals surface area contributed by atoms with E-state index in [9.17, 15) is 4.79 Å². The molecule has 3 aromatic carbocycles. The van der Waals surface area contributed by atoms with E-state index < -0.39 is 0 Å². The van der Waals surface area contributed by atoms with Crippen molar-refractivity contribution in [2.45, 2.75) is 20.3 Å². The third kappa shape index (κ3) is 4.16. The number of aldehydes is 1. The van der Waals surface area contributed by atoms with E-state index >= 15 is 0 Å². The highest BCUT2D eigenvalue weighted by Gasteiger charge is 2.06. The lowest BCUT2D eigenvalue weighted by Crippen LogP contribution is -2.01. The molecular weight excluding hydrogens is 308 g/mol. The summed E-state index contributed by atoms with van der Waals surface area (Å²) in [5.41, 5.74) is 7.07. The molecule has 0 atom stereocenters. The number of aryl methyl sites for hydroxylation is 2. The van der Waals surface area contributed by atoms with E-state index in [2.05, 4.69) is 56.3 Å². The third-order valence-corrected chi connectivity index (χ3v) is 4.37. The SMILES string of the molecule is Cc1cccc(C)c1-c1cccc(CCOc2ccc(C=O)cc2)c1. The fourth-order valence-electron chi connectivity index (χ4n) is 3.08. The van der Waals surface area contributed by atoms with Gasteiger partial charge in [-0.15, -0.1) is 0 Å². The lowest BCUT2D eigenvalue weighted by molar-refractivity contribution is 0.112. The lowest BCUT2D eigenvalue weighted by atomic mass is 9.94. The molecule has 3 rings (SSSR count). The highest BCUT2D eigenvalue weighted by Crippen LogP contribution is 2.27. The molecule has 0 radical (unpaired) electrons. The zero-order chi connectivity index (χ0) is 17.6. The van der Waals surface area contributed by atoms with Gasteiger partial charge in [0.25, 0.3) is 0 Å². The first kappa shape index (κ1) is 17.0. The van der Waals surface area contributed by atoms with Crippen LogP contribution in [-0.2, 0) is 6.42 Å². The molecule has 0 saturated heterocycles. The standard InChI is InChI=1S/C23H22O2/c1-17-5-3-6-18(2)23(17)21-8-4-7-19(15-21)13-14-25-22-11-9-20(16-24)10-12-22/h3-12,15-16H,13-14H2,1-2H3. The van der Waals surface area contributed by atoms with E-state index in [1.807, 2.05) is 12.1 Å². The summed E-state index contributed by atoms with van der Waals surface area (Å²) in [5, 5.41) is 0. The van der Waals surface area contributed by atoms with Crippen molar-refractivity contribution < 1.29 is 9.53 Å². The molecule has 0 spiro atoms. The highest BCUT2D eigenvalue weighted by molar-refractivity contribution is 5.74. The van der Waals surface area contributed by atoms with Crippen LogP contribution in [0.3, 0.4) is 0 Å². The zero-order valence-corrected chi connectivity index (χ0v) is 14.7. The van der Waals surface area contributed by atoms with Crippen LogP contribution in [0.25, 0.3) is 11.1 Å². The molecule has 0 N–H and O–H groups in total. The van der Waals surface area contributed by atoms with E-state index in [0.717, 1.165) is 18.5 Å². The van der Waals surface area contributed by atoms with Gasteiger partial charge in [0.1, 0.15) is 12.0 Å². The minimum Gasteiger partial charge on any atom is -0.493 e. The largest absolute Gasteiger partial charge is 0.493 e. The Morgan fingerprint density at radius 3 is 2.24 bits per heavy atom. The van der Waals surface area contributed by atoms with Gasteiger partial charge in [0.15, 0.2) is 0 Å². The topological polar surface area (TPSA) is 26.3 Å². The molecule has 2 heteroatoms. The molecule has 126 valence electrons. The summed E-state index contributed by atoms with van der Waals surface area (Å²) in [6.45, 7) is 4.92. The van der Waals surface area contributed by atoms with Crippen molar-refractivity contribution in [3.63, 3.8) is 0 Å². The first-order valence-corrected chi connectivity index (χ1v) is 8.51. The predicted molar refractivity (Wildman–Crippen MR) is 102 cm³/mol. The Morgan fingerprint density at radius 2 is 1.56 bits per heavy atom. The van der Waals surface area contributed by atoms with E-state index in [1.54, 1.807) is 12.1 Å². The van der Waals surface area contributed by atoms with Gasteiger partial charge < -0.3 is 4.74 Å². The van der Waals surface area contributed by atoms with Crippen molar-refractivity contribution in [3.05, 3.63) is 89.0 Å². The maximum absolute atomic E-state index is 10.7. The predicted octanol–water partition coefficient (Wildman–Crippen LogP) is 5.40. The van der Waals surface area contributed by atoms with Gasteiger partial charge in [-0.3, -0.25) is 4.79 Å². The van der Waals surface area contributed by atoms with Gasteiger partial charge in [0.05, 0.1) is 6.61 Å². The molecule has 0 unspecified atom stereocenters. The zero-order valence-electron chi connectivity index (χ0n) is 14.7. The second-order valence-electron chi connectivity index (χ2n) is 6.25. The van der Waals surface area contributed by atoms with Crippen LogP contribution in [0, 0.1) is 13.8 Å². The van der Waals surface area contributed by atoms with Crippen LogP contribution in [0.2, 0.25) is 0 Å². The van der Waals surface area contributed by atoms with Gasteiger partial charge in [-0.1, -0.05) is 42.5 Å². The van der Waals surface area contributed by atoms with Gasteiger partial charge in [-0.05, 0) is 65.9 Å². The van der Waals surface area contributed by atoms with Crippen molar-refractivity contribution in [1.29, 1.82) is 0 Å². The van der Waals surface area contributed by atoms with E-state index in [-0.39, 0.29) is 0 Å². The summed E-state index contributed by atoms with van der Waals surface area (Å²) in [5.74, 6) is 0.788. The summed E-state index contributed by atoms with van der Waals surface area (Å²) in [4.78, 5) is 10.7. The van der Waals surface area contributed by atoms with Crippen LogP contribution >= 0.6 is 0 Å². The van der Waals surface area contributed by atoms with Crippen LogP contribution in [0.4, 0.5) is 0 Å². The highest BCUT2D eigenvalue weighted by atomic mass is 16.5. The summed E-state index contributed by atoms with van der Waals surface area (Å²) in [7, 11) is 0. The fraction of sp³-hybridized carbons (Fsp3) is 0.174. The molecule has 3 aromatic rings. The van der Waals surface area contributed by atoms with Gasteiger partial charge in [-0.2, -0.15) is 0 Å². The summed E-state index contributed by atoms with van der Waals surface area (Å²) < 4.78 is 5.79. The summed E-state index contributed by atoms with van der Waals surface area (Å²) in [6, 6.07) is 22.3. The Labute approximate surface area is 149 Å². The quantitative estimate of drug-likeness (QED) is 0.565. The maximum atomic E-state index is 10.7. The van der Waals surface area contributed by atoms with Crippen molar-refractivity contribution in [1.82, 2.24) is 0 Å². The van der Waals surface area contributed by atoms with Crippen molar-refractivity contribution in [2.75, 3.05) is 6.61 Å². The van der Waals surface area contributed by atoms with Crippen LogP contribution in [0.15, 0.2) is 66.7 Å². The smallest absolute Gasteiger partial charge is 0.150 e. The summed E-state index contributed by atoms with van der Waals surface area (Å²) >= 11 is 0. The van der Waals surface area contributed by atoms with Crippen LogP contribution in [0.1, 0.15) is 27.0 Å². The molecule has 0 aliphatic heterocycles. The minimum atomic E-state index is 0.608. The molecule has 0 saturated carbocycles. The van der Waals surface area contributed by atoms with Gasteiger partial charge in [0.2, 0.25) is 0 Å². The van der Waals surface area contributed by atoms with Gasteiger partial charge in [0, 0.05) is 12.0 Å². The molecule has 0 amide bonds. The number of carbonyl (C=O) groups excluding carboxylic acids is 1. The number of benzene rings is 3. The average Bonchev–Trinajstić information content (AvgIpc) is 2.63. The van der Waals surface area contributed by atoms with E-state index in [1.165, 1.54) is 27.8 Å². The molecule has 0 aliphatic carbocycles. The molecule has 0 heterocycles. The second-order valence-corrected chi connectivity index (χ2v) is 6.25. The summed E-state index contributed by atoms with van der Waals surface area (Å²) in [6.07, 6.45) is 1.68. The van der Waals surface area contributed by atoms with E-state index in [4.69, 9.17) is 4.74 Å².